The van der Waals surface area contributed by atoms with Crippen LogP contribution in [-0.2, 0) is 9.53 Å². The van der Waals surface area contributed by atoms with E-state index in [1.165, 1.54) is 58.0 Å². The van der Waals surface area contributed by atoms with Crippen LogP contribution in [0.2, 0.25) is 0 Å². The molecule has 2 heterocycles. The second kappa shape index (κ2) is 10.5. The quantitative estimate of drug-likeness (QED) is 0.730. The second-order valence-electron chi connectivity index (χ2n) is 8.32. The highest BCUT2D eigenvalue weighted by Crippen LogP contribution is 2.28. The number of carbonyl (C=O) groups is 1. The summed E-state index contributed by atoms with van der Waals surface area (Å²) >= 11 is 0. The molecule has 3 fully saturated rings. The Bertz CT molecular complexity index is 381. The van der Waals surface area contributed by atoms with Gasteiger partial charge in [0, 0.05) is 31.7 Å². The van der Waals surface area contributed by atoms with E-state index < -0.39 is 0 Å². The van der Waals surface area contributed by atoms with E-state index in [2.05, 4.69) is 9.80 Å². The molecule has 1 amide bonds. The number of hydrogen-bond acceptors (Lipinski definition) is 3. The summed E-state index contributed by atoms with van der Waals surface area (Å²) in [5, 5.41) is 0. The minimum atomic E-state index is 0.301. The molecule has 0 aromatic heterocycles. The van der Waals surface area contributed by atoms with Gasteiger partial charge < -0.3 is 14.5 Å². The monoisotopic (exact) mass is 350 g/mol. The Morgan fingerprint density at radius 2 is 1.52 bits per heavy atom. The van der Waals surface area contributed by atoms with Gasteiger partial charge in [0.25, 0.3) is 0 Å². The molecule has 4 nitrogen and oxygen atoms in total. The van der Waals surface area contributed by atoms with Crippen molar-refractivity contribution in [3.8, 4) is 0 Å². The third-order valence-corrected chi connectivity index (χ3v) is 6.44. The molecular weight excluding hydrogens is 312 g/mol. The van der Waals surface area contributed by atoms with E-state index in [-0.39, 0.29) is 0 Å². The number of nitrogens with zero attached hydrogens (tertiary/aromatic N) is 2. The minimum absolute atomic E-state index is 0.301. The van der Waals surface area contributed by atoms with Gasteiger partial charge in [0.05, 0.1) is 0 Å². The number of hydrogen-bond donors (Lipinski definition) is 0. The lowest BCUT2D eigenvalue weighted by Crippen LogP contribution is -2.47. The molecule has 0 atom stereocenters. The number of likely N-dealkylation sites (tertiary alicyclic amines) is 1. The maximum atomic E-state index is 13.2. The first-order valence-corrected chi connectivity index (χ1v) is 10.9. The lowest BCUT2D eigenvalue weighted by atomic mass is 9.87. The van der Waals surface area contributed by atoms with Gasteiger partial charge in [-0.05, 0) is 64.6 Å². The van der Waals surface area contributed by atoms with Crippen LogP contribution < -0.4 is 0 Å². The Morgan fingerprint density at radius 1 is 0.880 bits per heavy atom. The molecule has 0 bridgehead atoms. The Labute approximate surface area is 154 Å². The van der Waals surface area contributed by atoms with Gasteiger partial charge in [-0.25, -0.2) is 0 Å². The van der Waals surface area contributed by atoms with E-state index in [0.29, 0.717) is 17.9 Å². The van der Waals surface area contributed by atoms with Crippen molar-refractivity contribution in [2.45, 2.75) is 83.1 Å². The van der Waals surface area contributed by atoms with Crippen LogP contribution in [-0.4, -0.2) is 61.1 Å². The molecule has 4 heteroatoms. The minimum Gasteiger partial charge on any atom is -0.381 e. The van der Waals surface area contributed by atoms with Gasteiger partial charge in [-0.2, -0.15) is 0 Å². The lowest BCUT2D eigenvalue weighted by Gasteiger charge is -2.38. The van der Waals surface area contributed by atoms with Crippen LogP contribution in [0.5, 0.6) is 0 Å². The van der Waals surface area contributed by atoms with Crippen molar-refractivity contribution in [1.29, 1.82) is 0 Å². The van der Waals surface area contributed by atoms with Crippen LogP contribution >= 0.6 is 0 Å². The maximum Gasteiger partial charge on any atom is 0.225 e. The van der Waals surface area contributed by atoms with E-state index in [0.717, 1.165) is 58.4 Å². The van der Waals surface area contributed by atoms with Crippen LogP contribution in [0.4, 0.5) is 0 Å². The highest BCUT2D eigenvalue weighted by molar-refractivity contribution is 5.79. The largest absolute Gasteiger partial charge is 0.381 e. The molecule has 1 aliphatic carbocycles. The first-order chi connectivity index (χ1) is 12.3. The van der Waals surface area contributed by atoms with Gasteiger partial charge >= 0.3 is 0 Å². The topological polar surface area (TPSA) is 32.8 Å². The van der Waals surface area contributed by atoms with E-state index >= 15 is 0 Å². The Kier molecular flexibility index (Phi) is 8.06. The number of amides is 1. The van der Waals surface area contributed by atoms with Crippen LogP contribution in [0.15, 0.2) is 0 Å². The van der Waals surface area contributed by atoms with Crippen LogP contribution in [0.1, 0.15) is 77.0 Å². The number of ether oxygens (including phenoxy) is 1. The SMILES string of the molecule is O=C(C1CCCCC1)N(CCCN1CCCCCC1)C1CCOCC1. The standard InChI is InChI=1S/C21H38N2O2/c24-21(19-9-4-3-5-10-19)23(20-11-17-25-18-12-20)16-8-15-22-13-6-1-2-7-14-22/h19-20H,1-18H2. The zero-order chi connectivity index (χ0) is 17.3. The summed E-state index contributed by atoms with van der Waals surface area (Å²) < 4.78 is 5.54. The predicted molar refractivity (Wildman–Crippen MR) is 102 cm³/mol. The Hall–Kier alpha value is -0.610. The normalized spacial score (nSPS) is 24.8. The average molecular weight is 351 g/mol. The third kappa shape index (κ3) is 5.96. The fourth-order valence-corrected chi connectivity index (χ4v) is 4.88. The highest BCUT2D eigenvalue weighted by Gasteiger charge is 2.31. The molecule has 3 aliphatic rings. The molecule has 1 saturated carbocycles. The first kappa shape index (κ1) is 19.2. The van der Waals surface area contributed by atoms with Crippen molar-refractivity contribution in [3.63, 3.8) is 0 Å². The number of carbonyl (C=O) groups excluding carboxylic acids is 1. The smallest absolute Gasteiger partial charge is 0.225 e. The van der Waals surface area contributed by atoms with E-state index in [1.807, 2.05) is 0 Å². The van der Waals surface area contributed by atoms with Gasteiger partial charge in [-0.15, -0.1) is 0 Å². The van der Waals surface area contributed by atoms with Crippen LogP contribution in [0, 0.1) is 5.92 Å². The highest BCUT2D eigenvalue weighted by atomic mass is 16.5. The molecule has 0 aromatic rings. The molecule has 0 N–H and O–H groups in total. The van der Waals surface area contributed by atoms with E-state index in [4.69, 9.17) is 4.74 Å². The van der Waals surface area contributed by atoms with Crippen molar-refractivity contribution >= 4 is 5.91 Å². The summed E-state index contributed by atoms with van der Waals surface area (Å²) in [4.78, 5) is 18.1. The zero-order valence-corrected chi connectivity index (χ0v) is 16.1. The zero-order valence-electron chi connectivity index (χ0n) is 16.1. The predicted octanol–water partition coefficient (Wildman–Crippen LogP) is 3.84. The summed E-state index contributed by atoms with van der Waals surface area (Å²) in [5.74, 6) is 0.761. The van der Waals surface area contributed by atoms with Crippen molar-refractivity contribution < 1.29 is 9.53 Å². The summed E-state index contributed by atoms with van der Waals surface area (Å²) in [6.07, 6.45) is 14.7. The van der Waals surface area contributed by atoms with Crippen LogP contribution in [0.25, 0.3) is 0 Å². The average Bonchev–Trinajstić information content (AvgIpc) is 2.95. The molecule has 0 aromatic carbocycles. The second-order valence-corrected chi connectivity index (χ2v) is 8.32. The first-order valence-electron chi connectivity index (χ1n) is 10.9. The van der Waals surface area contributed by atoms with Gasteiger partial charge in [0.2, 0.25) is 5.91 Å². The summed E-state index contributed by atoms with van der Waals surface area (Å²) in [6.45, 7) is 6.28. The fourth-order valence-electron chi connectivity index (χ4n) is 4.88. The lowest BCUT2D eigenvalue weighted by molar-refractivity contribution is -0.141. The van der Waals surface area contributed by atoms with Gasteiger partial charge in [-0.3, -0.25) is 4.79 Å². The molecule has 2 saturated heterocycles. The van der Waals surface area contributed by atoms with Crippen molar-refractivity contribution in [1.82, 2.24) is 9.80 Å². The Balaban J connectivity index is 1.52. The summed E-state index contributed by atoms with van der Waals surface area (Å²) in [5.41, 5.74) is 0. The molecule has 25 heavy (non-hydrogen) atoms. The molecule has 0 unspecified atom stereocenters. The maximum absolute atomic E-state index is 13.2. The fraction of sp³-hybridized carbons (Fsp3) is 0.952. The molecular formula is C21H38N2O2. The van der Waals surface area contributed by atoms with Crippen molar-refractivity contribution in [2.24, 2.45) is 5.92 Å². The third-order valence-electron chi connectivity index (χ3n) is 6.44. The molecule has 3 rings (SSSR count). The van der Waals surface area contributed by atoms with Crippen molar-refractivity contribution in [2.75, 3.05) is 39.4 Å². The van der Waals surface area contributed by atoms with Gasteiger partial charge in [0.1, 0.15) is 0 Å². The molecule has 0 radical (unpaired) electrons. The van der Waals surface area contributed by atoms with E-state index in [1.54, 1.807) is 0 Å². The Morgan fingerprint density at radius 3 is 2.20 bits per heavy atom. The molecule has 144 valence electrons. The molecule has 2 aliphatic heterocycles. The number of rotatable bonds is 6. The van der Waals surface area contributed by atoms with Gasteiger partial charge in [0.15, 0.2) is 0 Å². The van der Waals surface area contributed by atoms with E-state index in [9.17, 15) is 4.79 Å². The summed E-state index contributed by atoms with van der Waals surface area (Å²) in [6, 6.07) is 0.423. The van der Waals surface area contributed by atoms with Crippen molar-refractivity contribution in [3.05, 3.63) is 0 Å². The van der Waals surface area contributed by atoms with Crippen LogP contribution in [0.3, 0.4) is 0 Å². The summed E-state index contributed by atoms with van der Waals surface area (Å²) in [7, 11) is 0. The molecule has 0 spiro atoms. The van der Waals surface area contributed by atoms with Gasteiger partial charge in [-0.1, -0.05) is 32.1 Å².